The van der Waals surface area contributed by atoms with Crippen LogP contribution in [-0.2, 0) is 6.54 Å². The molecule has 0 radical (unpaired) electrons. The highest BCUT2D eigenvalue weighted by Crippen LogP contribution is 2.25. The van der Waals surface area contributed by atoms with Crippen LogP contribution in [0.25, 0.3) is 0 Å². The van der Waals surface area contributed by atoms with Gasteiger partial charge in [0.25, 0.3) is 5.91 Å². The number of nitrogens with one attached hydrogen (secondary N) is 2. The van der Waals surface area contributed by atoms with Crippen molar-refractivity contribution in [3.05, 3.63) is 40.7 Å². The first-order valence-electron chi connectivity index (χ1n) is 9.94. The van der Waals surface area contributed by atoms with E-state index < -0.39 is 0 Å². The molecule has 0 bridgehead atoms. The molecule has 0 aliphatic carbocycles. The second-order valence-electron chi connectivity index (χ2n) is 8.46. The smallest absolute Gasteiger partial charge is 0.274 e. The van der Waals surface area contributed by atoms with Gasteiger partial charge in [-0.1, -0.05) is 17.3 Å². The van der Waals surface area contributed by atoms with Gasteiger partial charge >= 0.3 is 0 Å². The second-order valence-corrected chi connectivity index (χ2v) is 8.46. The van der Waals surface area contributed by atoms with E-state index in [9.17, 15) is 4.79 Å². The van der Waals surface area contributed by atoms with Crippen molar-refractivity contribution in [2.45, 2.75) is 65.6 Å². The van der Waals surface area contributed by atoms with Crippen molar-refractivity contribution < 1.29 is 9.53 Å². The molecule has 0 unspecified atom stereocenters. The van der Waals surface area contributed by atoms with Crippen LogP contribution in [-0.4, -0.2) is 39.6 Å². The minimum absolute atomic E-state index is 0. The molecule has 2 aromatic rings. The summed E-state index contributed by atoms with van der Waals surface area (Å²) < 4.78 is 7.97. The summed E-state index contributed by atoms with van der Waals surface area (Å²) >= 11 is 0. The Morgan fingerprint density at radius 3 is 2.62 bits per heavy atom. The molecule has 0 atom stereocenters. The van der Waals surface area contributed by atoms with Gasteiger partial charge < -0.3 is 15.4 Å². The number of carbonyl (C=O) groups excluding carboxylic acids is 1. The predicted molar refractivity (Wildman–Crippen MR) is 116 cm³/mol. The maximum atomic E-state index is 12.7. The van der Waals surface area contributed by atoms with Crippen LogP contribution in [0.2, 0.25) is 0 Å². The van der Waals surface area contributed by atoms with Crippen LogP contribution in [0, 0.1) is 13.8 Å². The molecule has 1 amide bonds. The van der Waals surface area contributed by atoms with Gasteiger partial charge in [0.05, 0.1) is 11.7 Å². The Balaban J connectivity index is 0.00000300. The predicted octanol–water partition coefficient (Wildman–Crippen LogP) is 3.35. The Kier molecular flexibility index (Phi) is 7.66. The summed E-state index contributed by atoms with van der Waals surface area (Å²) in [6.07, 6.45) is 2.00. The van der Waals surface area contributed by atoms with Crippen LogP contribution >= 0.6 is 12.4 Å². The van der Waals surface area contributed by atoms with E-state index in [0.717, 1.165) is 48.5 Å². The molecule has 0 spiro atoms. The van der Waals surface area contributed by atoms with Gasteiger partial charge in [0.1, 0.15) is 11.4 Å². The number of aryl methyl sites for hydroxylation is 1. The van der Waals surface area contributed by atoms with E-state index in [0.29, 0.717) is 18.3 Å². The van der Waals surface area contributed by atoms with Crippen LogP contribution in [0.4, 0.5) is 0 Å². The molecule has 3 rings (SSSR count). The molecule has 1 aromatic carbocycles. The average molecular weight is 422 g/mol. The van der Waals surface area contributed by atoms with Gasteiger partial charge in [-0.25, -0.2) is 4.68 Å². The fraction of sp³-hybridized carbons (Fsp3) is 0.571. The zero-order valence-electron chi connectivity index (χ0n) is 17.9. The molecule has 2 N–H and O–H groups in total. The lowest BCUT2D eigenvalue weighted by Gasteiger charge is -2.24. The summed E-state index contributed by atoms with van der Waals surface area (Å²) in [5, 5.41) is 14.7. The number of benzene rings is 1. The zero-order valence-corrected chi connectivity index (χ0v) is 18.7. The standard InChI is InChI=1S/C21H31N5O2.ClH/c1-14-6-7-16(18(12-14)28-21(3,4)5)13-23-20(27)19-15(2)26(25-24-19)17-8-10-22-11-9-17;/h6-7,12,17,22H,8-11,13H2,1-5H3,(H,23,27);1H. The van der Waals surface area contributed by atoms with Crippen LogP contribution in [0.1, 0.15) is 67.0 Å². The van der Waals surface area contributed by atoms with Crippen molar-refractivity contribution in [1.29, 1.82) is 0 Å². The fourth-order valence-corrected chi connectivity index (χ4v) is 3.44. The van der Waals surface area contributed by atoms with Crippen molar-refractivity contribution in [3.8, 4) is 5.75 Å². The Labute approximate surface area is 179 Å². The lowest BCUT2D eigenvalue weighted by atomic mass is 10.1. The highest BCUT2D eigenvalue weighted by molar-refractivity contribution is 5.93. The Hall–Kier alpha value is -2.12. The number of amides is 1. The topological polar surface area (TPSA) is 81.1 Å². The van der Waals surface area contributed by atoms with E-state index in [1.165, 1.54) is 0 Å². The van der Waals surface area contributed by atoms with Gasteiger partial charge in [0, 0.05) is 12.1 Å². The normalized spacial score (nSPS) is 14.9. The van der Waals surface area contributed by atoms with E-state index >= 15 is 0 Å². The maximum absolute atomic E-state index is 12.7. The van der Waals surface area contributed by atoms with Crippen molar-refractivity contribution >= 4 is 18.3 Å². The van der Waals surface area contributed by atoms with Crippen molar-refractivity contribution in [2.24, 2.45) is 0 Å². The third-order valence-corrected chi connectivity index (χ3v) is 4.88. The first-order valence-corrected chi connectivity index (χ1v) is 9.94. The van der Waals surface area contributed by atoms with Crippen LogP contribution in [0.5, 0.6) is 5.75 Å². The molecule has 1 aromatic heterocycles. The monoisotopic (exact) mass is 421 g/mol. The first kappa shape index (κ1) is 23.2. The van der Waals surface area contributed by atoms with Crippen molar-refractivity contribution in [2.75, 3.05) is 13.1 Å². The molecule has 2 heterocycles. The van der Waals surface area contributed by atoms with Crippen LogP contribution in [0.3, 0.4) is 0 Å². The zero-order chi connectivity index (χ0) is 20.3. The maximum Gasteiger partial charge on any atom is 0.274 e. The SMILES string of the molecule is Cc1ccc(CNC(=O)c2nnn(C3CCNCC3)c2C)c(OC(C)(C)C)c1.Cl. The number of rotatable bonds is 5. The number of ether oxygens (including phenoxy) is 1. The van der Waals surface area contributed by atoms with E-state index in [-0.39, 0.29) is 23.9 Å². The molecule has 1 fully saturated rings. The molecule has 29 heavy (non-hydrogen) atoms. The lowest BCUT2D eigenvalue weighted by molar-refractivity contribution is 0.0943. The first-order chi connectivity index (χ1) is 13.2. The van der Waals surface area contributed by atoms with Crippen LogP contribution in [0.15, 0.2) is 18.2 Å². The highest BCUT2D eigenvalue weighted by Gasteiger charge is 2.23. The minimum Gasteiger partial charge on any atom is -0.488 e. The number of carbonyl (C=O) groups is 1. The van der Waals surface area contributed by atoms with E-state index in [1.807, 2.05) is 57.5 Å². The summed E-state index contributed by atoms with van der Waals surface area (Å²) in [7, 11) is 0. The molecule has 1 aliphatic rings. The van der Waals surface area contributed by atoms with Crippen molar-refractivity contribution in [3.63, 3.8) is 0 Å². The molecular formula is C21H32ClN5O2. The molecule has 1 saturated heterocycles. The number of halogens is 1. The van der Waals surface area contributed by atoms with Crippen molar-refractivity contribution in [1.82, 2.24) is 25.6 Å². The van der Waals surface area contributed by atoms with Gasteiger partial charge in [-0.05, 0) is 72.2 Å². The average Bonchev–Trinajstić information content (AvgIpc) is 3.02. The quantitative estimate of drug-likeness (QED) is 0.773. The van der Waals surface area contributed by atoms with Gasteiger partial charge in [0.15, 0.2) is 5.69 Å². The Bertz CT molecular complexity index is 838. The molecule has 1 aliphatic heterocycles. The largest absolute Gasteiger partial charge is 0.488 e. The summed E-state index contributed by atoms with van der Waals surface area (Å²) in [5.41, 5.74) is 2.97. The molecule has 0 saturated carbocycles. The third-order valence-electron chi connectivity index (χ3n) is 4.88. The molecule has 7 nitrogen and oxygen atoms in total. The number of hydrogen-bond acceptors (Lipinski definition) is 5. The van der Waals surface area contributed by atoms with E-state index in [4.69, 9.17) is 4.74 Å². The van der Waals surface area contributed by atoms with Gasteiger partial charge in [0.2, 0.25) is 0 Å². The molecular weight excluding hydrogens is 390 g/mol. The number of aromatic nitrogens is 3. The van der Waals surface area contributed by atoms with E-state index in [2.05, 4.69) is 20.9 Å². The lowest BCUT2D eigenvalue weighted by Crippen LogP contribution is -2.30. The Morgan fingerprint density at radius 1 is 1.28 bits per heavy atom. The number of nitrogens with zero attached hydrogens (tertiary/aromatic N) is 3. The van der Waals surface area contributed by atoms with Gasteiger partial charge in [-0.2, -0.15) is 0 Å². The van der Waals surface area contributed by atoms with Gasteiger partial charge in [-0.15, -0.1) is 17.5 Å². The van der Waals surface area contributed by atoms with E-state index in [1.54, 1.807) is 0 Å². The summed E-state index contributed by atoms with van der Waals surface area (Å²) in [5.74, 6) is 0.586. The number of piperidine rings is 1. The number of hydrogen-bond donors (Lipinski definition) is 2. The second kappa shape index (κ2) is 9.59. The summed E-state index contributed by atoms with van der Waals surface area (Å²) in [4.78, 5) is 12.7. The summed E-state index contributed by atoms with van der Waals surface area (Å²) in [6, 6.07) is 6.33. The molecule has 8 heteroatoms. The third kappa shape index (κ3) is 5.93. The fourth-order valence-electron chi connectivity index (χ4n) is 3.44. The highest BCUT2D eigenvalue weighted by atomic mass is 35.5. The van der Waals surface area contributed by atoms with Crippen LogP contribution < -0.4 is 15.4 Å². The Morgan fingerprint density at radius 2 is 1.97 bits per heavy atom. The molecule has 160 valence electrons. The summed E-state index contributed by atoms with van der Waals surface area (Å²) in [6.45, 7) is 12.3. The minimum atomic E-state index is -0.305. The van der Waals surface area contributed by atoms with Gasteiger partial charge in [-0.3, -0.25) is 4.79 Å².